The summed E-state index contributed by atoms with van der Waals surface area (Å²) in [5.41, 5.74) is 3.03. The van der Waals surface area contributed by atoms with Gasteiger partial charge in [0.05, 0.1) is 11.0 Å². The van der Waals surface area contributed by atoms with Crippen molar-refractivity contribution in [2.75, 3.05) is 7.05 Å². The molecule has 26 heavy (non-hydrogen) atoms. The third-order valence-corrected chi connectivity index (χ3v) is 5.42. The Balaban J connectivity index is 1.71. The second-order valence-electron chi connectivity index (χ2n) is 7.01. The summed E-state index contributed by atoms with van der Waals surface area (Å²) in [5, 5.41) is 3.20. The van der Waals surface area contributed by atoms with Crippen LogP contribution in [0.25, 0.3) is 11.0 Å². The van der Waals surface area contributed by atoms with E-state index in [2.05, 4.69) is 16.0 Å². The van der Waals surface area contributed by atoms with Crippen LogP contribution in [-0.2, 0) is 7.05 Å². The number of carbonyl (C=O) groups is 1. The summed E-state index contributed by atoms with van der Waals surface area (Å²) in [6.45, 7) is 0. The Morgan fingerprint density at radius 1 is 1.15 bits per heavy atom. The fourth-order valence-electron chi connectivity index (χ4n) is 3.53. The van der Waals surface area contributed by atoms with E-state index < -0.39 is 0 Å². The lowest BCUT2D eigenvalue weighted by atomic mass is 9.92. The van der Waals surface area contributed by atoms with E-state index in [1.54, 1.807) is 0 Å². The molecule has 1 aliphatic rings. The summed E-state index contributed by atoms with van der Waals surface area (Å²) in [4.78, 5) is 19.5. The van der Waals surface area contributed by atoms with Gasteiger partial charge >= 0.3 is 6.03 Å². The number of imidazole rings is 1. The summed E-state index contributed by atoms with van der Waals surface area (Å²) < 4.78 is 2.07. The van der Waals surface area contributed by atoms with Gasteiger partial charge in [-0.25, -0.2) is 9.78 Å². The van der Waals surface area contributed by atoms with Crippen molar-refractivity contribution in [1.29, 1.82) is 0 Å². The van der Waals surface area contributed by atoms with Crippen LogP contribution in [0.15, 0.2) is 54.6 Å². The standard InChI is InChI=1S/C21H24N4O/c1-24(16-11-8-12-16)21(26)23-19(15-9-4-3-5-10-15)20-22-17-13-6-7-14-18(17)25(20)2/h3-7,9-10,13-14,16,19H,8,11-12H2,1-2H3,(H,23,26)/t19-/m1/s1. The molecule has 0 radical (unpaired) electrons. The van der Waals surface area contributed by atoms with Gasteiger partial charge in [-0.3, -0.25) is 0 Å². The zero-order chi connectivity index (χ0) is 18.1. The van der Waals surface area contributed by atoms with Gasteiger partial charge in [0.1, 0.15) is 11.9 Å². The first-order chi connectivity index (χ1) is 12.6. The van der Waals surface area contributed by atoms with Gasteiger partial charge in [0.25, 0.3) is 0 Å². The fraction of sp³-hybridized carbons (Fsp3) is 0.333. The minimum atomic E-state index is -0.288. The molecule has 1 N–H and O–H groups in total. The van der Waals surface area contributed by atoms with E-state index in [0.29, 0.717) is 6.04 Å². The van der Waals surface area contributed by atoms with E-state index in [9.17, 15) is 4.79 Å². The number of aromatic nitrogens is 2. The van der Waals surface area contributed by atoms with Crippen molar-refractivity contribution in [2.45, 2.75) is 31.3 Å². The summed E-state index contributed by atoms with van der Waals surface area (Å²) in [7, 11) is 3.89. The molecular formula is C21H24N4O. The average Bonchev–Trinajstić information content (AvgIpc) is 2.95. The number of urea groups is 1. The molecule has 5 nitrogen and oxygen atoms in total. The molecule has 1 heterocycles. The van der Waals surface area contributed by atoms with Crippen LogP contribution in [0, 0.1) is 0 Å². The average molecular weight is 348 g/mol. The lowest BCUT2D eigenvalue weighted by Crippen LogP contribution is -2.47. The monoisotopic (exact) mass is 348 g/mol. The molecule has 2 aromatic carbocycles. The number of para-hydroxylation sites is 2. The van der Waals surface area contributed by atoms with Gasteiger partial charge in [-0.2, -0.15) is 0 Å². The highest BCUT2D eigenvalue weighted by molar-refractivity contribution is 5.78. The molecule has 3 aromatic rings. The lowest BCUT2D eigenvalue weighted by molar-refractivity contribution is 0.155. The largest absolute Gasteiger partial charge is 0.329 e. The molecular weight excluding hydrogens is 324 g/mol. The maximum Gasteiger partial charge on any atom is 0.318 e. The number of hydrogen-bond acceptors (Lipinski definition) is 2. The summed E-state index contributed by atoms with van der Waals surface area (Å²) in [5.74, 6) is 0.841. The SMILES string of the molecule is CN(C(=O)N[C@H](c1ccccc1)c1nc2ccccc2n1C)C1CCC1. The Hall–Kier alpha value is -2.82. The maximum atomic E-state index is 12.8. The van der Waals surface area contributed by atoms with Gasteiger partial charge in [-0.15, -0.1) is 0 Å². The number of fused-ring (bicyclic) bond motifs is 1. The third kappa shape index (κ3) is 2.94. The molecule has 1 saturated carbocycles. The van der Waals surface area contributed by atoms with Gasteiger partial charge in [0, 0.05) is 20.1 Å². The van der Waals surface area contributed by atoms with Crippen molar-refractivity contribution in [3.05, 3.63) is 66.0 Å². The van der Waals surface area contributed by atoms with Crippen LogP contribution < -0.4 is 5.32 Å². The van der Waals surface area contributed by atoms with Crippen molar-refractivity contribution in [2.24, 2.45) is 7.05 Å². The minimum Gasteiger partial charge on any atom is -0.329 e. The van der Waals surface area contributed by atoms with Crippen molar-refractivity contribution in [3.63, 3.8) is 0 Å². The third-order valence-electron chi connectivity index (χ3n) is 5.42. The van der Waals surface area contributed by atoms with Crippen LogP contribution in [0.1, 0.15) is 36.7 Å². The van der Waals surface area contributed by atoms with Crippen LogP contribution in [0.5, 0.6) is 0 Å². The molecule has 1 aromatic heterocycles. The van der Waals surface area contributed by atoms with E-state index in [0.717, 1.165) is 35.3 Å². The number of carbonyl (C=O) groups excluding carboxylic acids is 1. The Morgan fingerprint density at radius 3 is 2.50 bits per heavy atom. The number of hydrogen-bond donors (Lipinski definition) is 1. The highest BCUT2D eigenvalue weighted by Gasteiger charge is 2.29. The zero-order valence-corrected chi connectivity index (χ0v) is 15.2. The first-order valence-corrected chi connectivity index (χ1v) is 9.15. The predicted molar refractivity (Wildman–Crippen MR) is 103 cm³/mol. The quantitative estimate of drug-likeness (QED) is 0.778. The van der Waals surface area contributed by atoms with E-state index in [1.165, 1.54) is 6.42 Å². The number of rotatable bonds is 4. The molecule has 1 aliphatic carbocycles. The normalized spacial score (nSPS) is 15.5. The van der Waals surface area contributed by atoms with Crippen LogP contribution >= 0.6 is 0 Å². The van der Waals surface area contributed by atoms with Crippen molar-refractivity contribution in [3.8, 4) is 0 Å². The van der Waals surface area contributed by atoms with E-state index >= 15 is 0 Å². The number of aryl methyl sites for hydroxylation is 1. The lowest BCUT2D eigenvalue weighted by Gasteiger charge is -2.35. The maximum absolute atomic E-state index is 12.8. The first-order valence-electron chi connectivity index (χ1n) is 9.15. The second kappa shape index (κ2) is 6.83. The molecule has 0 bridgehead atoms. The van der Waals surface area contributed by atoms with E-state index in [-0.39, 0.29) is 12.1 Å². The molecule has 2 amide bonds. The molecule has 1 atom stereocenters. The minimum absolute atomic E-state index is 0.0457. The van der Waals surface area contributed by atoms with Gasteiger partial charge in [0.2, 0.25) is 0 Å². The number of benzene rings is 2. The Bertz CT molecular complexity index is 914. The molecule has 0 aliphatic heterocycles. The summed E-state index contributed by atoms with van der Waals surface area (Å²) in [6.07, 6.45) is 3.38. The predicted octanol–water partition coefficient (Wildman–Crippen LogP) is 3.86. The highest BCUT2D eigenvalue weighted by Crippen LogP contribution is 2.27. The molecule has 5 heteroatoms. The van der Waals surface area contributed by atoms with Crippen molar-refractivity contribution in [1.82, 2.24) is 19.8 Å². The topological polar surface area (TPSA) is 50.2 Å². The second-order valence-corrected chi connectivity index (χ2v) is 7.01. The zero-order valence-electron chi connectivity index (χ0n) is 15.2. The molecule has 4 rings (SSSR count). The van der Waals surface area contributed by atoms with Gasteiger partial charge in [-0.05, 0) is 37.0 Å². The molecule has 0 spiro atoms. The molecule has 0 unspecified atom stereocenters. The molecule has 0 saturated heterocycles. The van der Waals surface area contributed by atoms with E-state index in [1.807, 2.05) is 67.5 Å². The summed E-state index contributed by atoms with van der Waals surface area (Å²) >= 11 is 0. The van der Waals surface area contributed by atoms with Gasteiger partial charge in [-0.1, -0.05) is 42.5 Å². The van der Waals surface area contributed by atoms with Crippen molar-refractivity contribution < 1.29 is 4.79 Å². The fourth-order valence-corrected chi connectivity index (χ4v) is 3.53. The van der Waals surface area contributed by atoms with E-state index in [4.69, 9.17) is 4.98 Å². The van der Waals surface area contributed by atoms with Crippen molar-refractivity contribution >= 4 is 17.1 Å². The number of nitrogens with one attached hydrogen (secondary N) is 1. The van der Waals surface area contributed by atoms with Crippen LogP contribution in [0.2, 0.25) is 0 Å². The van der Waals surface area contributed by atoms with Gasteiger partial charge < -0.3 is 14.8 Å². The highest BCUT2D eigenvalue weighted by atomic mass is 16.2. The molecule has 134 valence electrons. The molecule has 1 fully saturated rings. The Morgan fingerprint density at radius 2 is 1.85 bits per heavy atom. The summed E-state index contributed by atoms with van der Waals surface area (Å²) in [6, 6.07) is 18.1. The van der Waals surface area contributed by atoms with Crippen LogP contribution in [0.3, 0.4) is 0 Å². The van der Waals surface area contributed by atoms with Crippen LogP contribution in [0.4, 0.5) is 4.79 Å². The van der Waals surface area contributed by atoms with Gasteiger partial charge in [0.15, 0.2) is 0 Å². The first kappa shape index (κ1) is 16.6. The smallest absolute Gasteiger partial charge is 0.318 e. The number of nitrogens with zero attached hydrogens (tertiary/aromatic N) is 3. The Labute approximate surface area is 153 Å². The number of amides is 2. The Kier molecular flexibility index (Phi) is 4.37. The van der Waals surface area contributed by atoms with Crippen LogP contribution in [-0.4, -0.2) is 33.6 Å².